The lowest BCUT2D eigenvalue weighted by Crippen LogP contribution is -2.21. The standard InChI is InChI=1S/C12H12N6O4/c1-7-11(12(13)20)15-16-17(7)6-10(19)14-8-2-4-9(5-3-8)18(21)22/h2-5H,6H2,1H3,(H2,13,20)(H,14,19). The Bertz CT molecular complexity index is 737. The van der Waals surface area contributed by atoms with Crippen LogP contribution in [-0.2, 0) is 11.3 Å². The van der Waals surface area contributed by atoms with Gasteiger partial charge in [-0.25, -0.2) is 4.68 Å². The van der Waals surface area contributed by atoms with Crippen LogP contribution < -0.4 is 11.1 Å². The van der Waals surface area contributed by atoms with Crippen LogP contribution in [0.5, 0.6) is 0 Å². The summed E-state index contributed by atoms with van der Waals surface area (Å²) in [7, 11) is 0. The molecule has 1 heterocycles. The highest BCUT2D eigenvalue weighted by atomic mass is 16.6. The van der Waals surface area contributed by atoms with Crippen molar-refractivity contribution in [3.05, 3.63) is 45.8 Å². The zero-order valence-corrected chi connectivity index (χ0v) is 11.5. The molecule has 0 saturated heterocycles. The minimum absolute atomic E-state index is 0.00290. The smallest absolute Gasteiger partial charge is 0.271 e. The van der Waals surface area contributed by atoms with Gasteiger partial charge >= 0.3 is 0 Å². The molecular weight excluding hydrogens is 292 g/mol. The Morgan fingerprint density at radius 2 is 2.00 bits per heavy atom. The molecule has 0 saturated carbocycles. The van der Waals surface area contributed by atoms with Crippen LogP contribution in [0.15, 0.2) is 24.3 Å². The molecule has 0 aliphatic heterocycles. The molecule has 2 rings (SSSR count). The average molecular weight is 304 g/mol. The van der Waals surface area contributed by atoms with Gasteiger partial charge in [-0.15, -0.1) is 5.10 Å². The molecule has 2 aromatic rings. The molecule has 10 heteroatoms. The van der Waals surface area contributed by atoms with Gasteiger partial charge in [0.15, 0.2) is 5.69 Å². The van der Waals surface area contributed by atoms with Crippen LogP contribution in [0.1, 0.15) is 16.2 Å². The van der Waals surface area contributed by atoms with E-state index >= 15 is 0 Å². The fourth-order valence-corrected chi connectivity index (χ4v) is 1.74. The molecule has 1 aromatic heterocycles. The van der Waals surface area contributed by atoms with Crippen LogP contribution in [0.2, 0.25) is 0 Å². The number of nitro benzene ring substituents is 1. The van der Waals surface area contributed by atoms with Gasteiger partial charge in [0.2, 0.25) is 5.91 Å². The first kappa shape index (κ1) is 15.1. The first-order valence-electron chi connectivity index (χ1n) is 6.12. The number of non-ortho nitro benzene ring substituents is 1. The predicted molar refractivity (Wildman–Crippen MR) is 75.0 cm³/mol. The number of rotatable bonds is 5. The quantitative estimate of drug-likeness (QED) is 0.597. The predicted octanol–water partition coefficient (Wildman–Crippen LogP) is 0.232. The van der Waals surface area contributed by atoms with E-state index in [4.69, 9.17) is 5.73 Å². The second-order valence-corrected chi connectivity index (χ2v) is 4.40. The number of nitrogens with zero attached hydrogens (tertiary/aromatic N) is 4. The third kappa shape index (κ3) is 3.23. The summed E-state index contributed by atoms with van der Waals surface area (Å²) in [5, 5.41) is 20.3. The lowest BCUT2D eigenvalue weighted by Gasteiger charge is -2.06. The molecule has 22 heavy (non-hydrogen) atoms. The molecule has 0 unspecified atom stereocenters. The lowest BCUT2D eigenvalue weighted by molar-refractivity contribution is -0.384. The molecule has 0 radical (unpaired) electrons. The van der Waals surface area contributed by atoms with Crippen LogP contribution in [0.4, 0.5) is 11.4 Å². The molecule has 0 aliphatic carbocycles. The minimum atomic E-state index is -0.723. The minimum Gasteiger partial charge on any atom is -0.364 e. The van der Waals surface area contributed by atoms with Crippen LogP contribution >= 0.6 is 0 Å². The first-order chi connectivity index (χ1) is 10.4. The van der Waals surface area contributed by atoms with Crippen molar-refractivity contribution >= 4 is 23.2 Å². The van der Waals surface area contributed by atoms with Crippen LogP contribution in [0, 0.1) is 17.0 Å². The molecule has 114 valence electrons. The van der Waals surface area contributed by atoms with Gasteiger partial charge < -0.3 is 11.1 Å². The number of carbonyl (C=O) groups excluding carboxylic acids is 2. The van der Waals surface area contributed by atoms with Crippen molar-refractivity contribution in [3.8, 4) is 0 Å². The van der Waals surface area contributed by atoms with Crippen molar-refractivity contribution in [1.29, 1.82) is 0 Å². The fourth-order valence-electron chi connectivity index (χ4n) is 1.74. The molecule has 3 N–H and O–H groups in total. The number of benzene rings is 1. The van der Waals surface area contributed by atoms with E-state index in [1.165, 1.54) is 28.9 Å². The van der Waals surface area contributed by atoms with Crippen LogP contribution in [0.3, 0.4) is 0 Å². The number of primary amides is 1. The summed E-state index contributed by atoms with van der Waals surface area (Å²) in [6, 6.07) is 5.39. The summed E-state index contributed by atoms with van der Waals surface area (Å²) < 4.78 is 1.24. The Balaban J connectivity index is 2.04. The lowest BCUT2D eigenvalue weighted by atomic mass is 10.3. The number of carbonyl (C=O) groups is 2. The number of hydrogen-bond donors (Lipinski definition) is 2. The number of nitrogens with two attached hydrogens (primary N) is 1. The highest BCUT2D eigenvalue weighted by Gasteiger charge is 2.15. The van der Waals surface area contributed by atoms with Gasteiger partial charge in [0.25, 0.3) is 11.6 Å². The molecular formula is C12H12N6O4. The summed E-state index contributed by atoms with van der Waals surface area (Å²) >= 11 is 0. The first-order valence-corrected chi connectivity index (χ1v) is 6.12. The second-order valence-electron chi connectivity index (χ2n) is 4.40. The number of aromatic nitrogens is 3. The maximum atomic E-state index is 11.9. The van der Waals surface area contributed by atoms with Crippen LogP contribution in [-0.4, -0.2) is 31.7 Å². The molecule has 10 nitrogen and oxygen atoms in total. The van der Waals surface area contributed by atoms with Gasteiger partial charge in [-0.05, 0) is 19.1 Å². The van der Waals surface area contributed by atoms with Crippen molar-refractivity contribution in [3.63, 3.8) is 0 Å². The van der Waals surface area contributed by atoms with Gasteiger partial charge in [-0.2, -0.15) is 0 Å². The van der Waals surface area contributed by atoms with Crippen molar-refractivity contribution in [1.82, 2.24) is 15.0 Å². The summed E-state index contributed by atoms with van der Waals surface area (Å²) in [4.78, 5) is 32.9. The summed E-state index contributed by atoms with van der Waals surface area (Å²) in [5.41, 5.74) is 5.83. The zero-order valence-electron chi connectivity index (χ0n) is 11.5. The van der Waals surface area contributed by atoms with Gasteiger partial charge in [0.05, 0.1) is 10.6 Å². The molecule has 0 spiro atoms. The van der Waals surface area contributed by atoms with E-state index in [1.807, 2.05) is 0 Å². The normalized spacial score (nSPS) is 10.2. The van der Waals surface area contributed by atoms with E-state index in [0.29, 0.717) is 11.4 Å². The Labute approximate surface area is 124 Å². The highest BCUT2D eigenvalue weighted by Crippen LogP contribution is 2.15. The van der Waals surface area contributed by atoms with Crippen LogP contribution in [0.25, 0.3) is 0 Å². The van der Waals surface area contributed by atoms with Gasteiger partial charge in [-0.3, -0.25) is 19.7 Å². The van der Waals surface area contributed by atoms with Crippen molar-refractivity contribution < 1.29 is 14.5 Å². The topological polar surface area (TPSA) is 146 Å². The largest absolute Gasteiger partial charge is 0.364 e. The summed E-state index contributed by atoms with van der Waals surface area (Å²) in [6.45, 7) is 1.41. The molecule has 0 aliphatic rings. The van der Waals surface area contributed by atoms with E-state index in [-0.39, 0.29) is 17.9 Å². The second kappa shape index (κ2) is 5.99. The number of hydrogen-bond acceptors (Lipinski definition) is 6. The fraction of sp³-hybridized carbons (Fsp3) is 0.167. The number of anilines is 1. The molecule has 0 fully saturated rings. The molecule has 0 bridgehead atoms. The van der Waals surface area contributed by atoms with Crippen molar-refractivity contribution in [2.45, 2.75) is 13.5 Å². The van der Waals surface area contributed by atoms with Gasteiger partial charge in [0.1, 0.15) is 6.54 Å². The number of amides is 2. The van der Waals surface area contributed by atoms with Crippen molar-refractivity contribution in [2.24, 2.45) is 5.73 Å². The summed E-state index contributed by atoms with van der Waals surface area (Å²) in [6.07, 6.45) is 0. The van der Waals surface area contributed by atoms with E-state index in [0.717, 1.165) is 0 Å². The van der Waals surface area contributed by atoms with E-state index < -0.39 is 16.7 Å². The number of nitrogens with one attached hydrogen (secondary N) is 1. The van der Waals surface area contributed by atoms with E-state index in [9.17, 15) is 19.7 Å². The maximum Gasteiger partial charge on any atom is 0.271 e. The highest BCUT2D eigenvalue weighted by molar-refractivity contribution is 5.92. The maximum absolute atomic E-state index is 11.9. The Kier molecular flexibility index (Phi) is 4.11. The average Bonchev–Trinajstić information content (AvgIpc) is 2.80. The van der Waals surface area contributed by atoms with E-state index in [2.05, 4.69) is 15.6 Å². The third-order valence-electron chi connectivity index (χ3n) is 2.87. The number of nitro groups is 1. The molecule has 2 amide bonds. The Hall–Kier alpha value is -3.30. The summed E-state index contributed by atoms with van der Waals surface area (Å²) in [5.74, 6) is -1.14. The SMILES string of the molecule is Cc1c(C(N)=O)nnn1CC(=O)Nc1ccc([N+](=O)[O-])cc1. The Morgan fingerprint density at radius 3 is 2.50 bits per heavy atom. The third-order valence-corrected chi connectivity index (χ3v) is 2.87. The van der Waals surface area contributed by atoms with Crippen molar-refractivity contribution in [2.75, 3.05) is 5.32 Å². The Morgan fingerprint density at radius 1 is 1.36 bits per heavy atom. The zero-order chi connectivity index (χ0) is 16.3. The van der Waals surface area contributed by atoms with Gasteiger partial charge in [0, 0.05) is 17.8 Å². The van der Waals surface area contributed by atoms with Gasteiger partial charge in [-0.1, -0.05) is 5.21 Å². The molecule has 1 aromatic carbocycles. The monoisotopic (exact) mass is 304 g/mol. The van der Waals surface area contributed by atoms with E-state index in [1.54, 1.807) is 6.92 Å². The molecule has 0 atom stereocenters.